The Bertz CT molecular complexity index is 886. The van der Waals surface area contributed by atoms with E-state index in [1.165, 1.54) is 0 Å². The van der Waals surface area contributed by atoms with Gasteiger partial charge in [0.2, 0.25) is 0 Å². The maximum Gasteiger partial charge on any atom is 0.135 e. The van der Waals surface area contributed by atoms with Crippen molar-refractivity contribution in [3.63, 3.8) is 0 Å². The number of rotatable bonds is 1. The lowest BCUT2D eigenvalue weighted by atomic mass is 10.1. The smallest absolute Gasteiger partial charge is 0.135 e. The van der Waals surface area contributed by atoms with Crippen molar-refractivity contribution >= 4 is 21.9 Å². The van der Waals surface area contributed by atoms with E-state index in [1.807, 2.05) is 48.4 Å². The maximum absolute atomic E-state index is 5.83. The van der Waals surface area contributed by atoms with Crippen molar-refractivity contribution < 1.29 is 4.42 Å². The van der Waals surface area contributed by atoms with Gasteiger partial charge in [0.1, 0.15) is 11.2 Å². The first kappa shape index (κ1) is 10.4. The molecule has 0 aliphatic heterocycles. The molecule has 0 saturated heterocycles. The molecule has 2 aromatic carbocycles. The van der Waals surface area contributed by atoms with E-state index in [0.29, 0.717) is 0 Å². The minimum atomic E-state index is 0.925. The van der Waals surface area contributed by atoms with Gasteiger partial charge < -0.3 is 4.42 Å². The minimum absolute atomic E-state index is 0.925. The summed E-state index contributed by atoms with van der Waals surface area (Å²) in [5.41, 5.74) is 4.14. The van der Waals surface area contributed by atoms with Gasteiger partial charge in [-0.05, 0) is 23.8 Å². The highest BCUT2D eigenvalue weighted by molar-refractivity contribution is 6.06. The molecule has 0 fully saturated rings. The zero-order valence-corrected chi connectivity index (χ0v) is 10.5. The van der Waals surface area contributed by atoms with E-state index in [-0.39, 0.29) is 0 Å². The summed E-state index contributed by atoms with van der Waals surface area (Å²) in [5, 5.41) is 6.52. The molecule has 0 aliphatic rings. The molecule has 0 N–H and O–H groups in total. The number of nitrogens with zero attached hydrogens (tertiary/aromatic N) is 2. The lowest BCUT2D eigenvalue weighted by Crippen LogP contribution is -1.84. The molecule has 0 atom stereocenters. The first-order valence-electron chi connectivity index (χ1n) is 6.21. The molecule has 3 heteroatoms. The van der Waals surface area contributed by atoms with Gasteiger partial charge in [-0.25, -0.2) is 0 Å². The normalized spacial score (nSPS) is 11.4. The van der Waals surface area contributed by atoms with E-state index in [2.05, 4.69) is 23.3 Å². The van der Waals surface area contributed by atoms with Crippen LogP contribution in [0.1, 0.15) is 0 Å². The summed E-state index contributed by atoms with van der Waals surface area (Å²) < 4.78 is 7.64. The Morgan fingerprint density at radius 2 is 1.79 bits per heavy atom. The van der Waals surface area contributed by atoms with Crippen LogP contribution in [-0.2, 0) is 7.05 Å². The van der Waals surface area contributed by atoms with Crippen molar-refractivity contribution in [2.24, 2.45) is 7.05 Å². The summed E-state index contributed by atoms with van der Waals surface area (Å²) in [7, 11) is 1.93. The average molecular weight is 248 g/mol. The van der Waals surface area contributed by atoms with Crippen molar-refractivity contribution in [3.8, 4) is 11.1 Å². The number of aromatic nitrogens is 2. The predicted octanol–water partition coefficient (Wildman–Crippen LogP) is 3.99. The van der Waals surface area contributed by atoms with E-state index in [1.54, 1.807) is 0 Å². The number of furan rings is 1. The minimum Gasteiger partial charge on any atom is -0.456 e. The topological polar surface area (TPSA) is 31.0 Å². The fraction of sp³-hybridized carbons (Fsp3) is 0.0625. The van der Waals surface area contributed by atoms with E-state index in [9.17, 15) is 0 Å². The van der Waals surface area contributed by atoms with Crippen LogP contribution < -0.4 is 0 Å². The largest absolute Gasteiger partial charge is 0.456 e. The Morgan fingerprint density at radius 3 is 2.63 bits per heavy atom. The molecule has 0 bridgehead atoms. The van der Waals surface area contributed by atoms with Gasteiger partial charge in [-0.1, -0.05) is 24.3 Å². The first-order valence-corrected chi connectivity index (χ1v) is 6.21. The van der Waals surface area contributed by atoms with Crippen LogP contribution in [0, 0.1) is 0 Å². The molecule has 0 amide bonds. The molecule has 0 radical (unpaired) electrons. The molecule has 3 nitrogen and oxygen atoms in total. The van der Waals surface area contributed by atoms with Crippen LogP contribution in [0.25, 0.3) is 33.1 Å². The molecule has 0 saturated carbocycles. The molecular weight excluding hydrogens is 236 g/mol. The number of benzene rings is 2. The molecule has 92 valence electrons. The fourth-order valence-corrected chi connectivity index (χ4v) is 2.48. The third-order valence-corrected chi connectivity index (χ3v) is 3.41. The summed E-state index contributed by atoms with van der Waals surface area (Å²) in [5.74, 6) is 0. The Hall–Kier alpha value is -2.55. The van der Waals surface area contributed by atoms with Crippen LogP contribution in [0.5, 0.6) is 0 Å². The van der Waals surface area contributed by atoms with Crippen molar-refractivity contribution in [1.29, 1.82) is 0 Å². The van der Waals surface area contributed by atoms with E-state index >= 15 is 0 Å². The van der Waals surface area contributed by atoms with Crippen molar-refractivity contribution in [2.75, 3.05) is 0 Å². The van der Waals surface area contributed by atoms with Gasteiger partial charge in [0.15, 0.2) is 0 Å². The zero-order chi connectivity index (χ0) is 12.8. The zero-order valence-electron chi connectivity index (χ0n) is 10.5. The molecule has 4 aromatic rings. The van der Waals surface area contributed by atoms with Crippen molar-refractivity contribution in [1.82, 2.24) is 9.78 Å². The van der Waals surface area contributed by atoms with E-state index in [0.717, 1.165) is 33.1 Å². The third-order valence-electron chi connectivity index (χ3n) is 3.41. The third kappa shape index (κ3) is 1.55. The number of hydrogen-bond donors (Lipinski definition) is 0. The number of para-hydroxylation sites is 1. The summed E-state index contributed by atoms with van der Waals surface area (Å²) in [6.07, 6.45) is 3.90. The monoisotopic (exact) mass is 248 g/mol. The summed E-state index contributed by atoms with van der Waals surface area (Å²) >= 11 is 0. The summed E-state index contributed by atoms with van der Waals surface area (Å²) in [4.78, 5) is 0. The Balaban J connectivity index is 2.02. The Labute approximate surface area is 110 Å². The molecule has 4 rings (SSSR count). The first-order chi connectivity index (χ1) is 9.31. The van der Waals surface area contributed by atoms with Crippen molar-refractivity contribution in [2.45, 2.75) is 0 Å². The van der Waals surface area contributed by atoms with Crippen molar-refractivity contribution in [3.05, 3.63) is 54.9 Å². The summed E-state index contributed by atoms with van der Waals surface area (Å²) in [6, 6.07) is 14.4. The molecule has 0 aliphatic carbocycles. The number of hydrogen-bond acceptors (Lipinski definition) is 2. The maximum atomic E-state index is 5.83. The summed E-state index contributed by atoms with van der Waals surface area (Å²) in [6.45, 7) is 0. The highest BCUT2D eigenvalue weighted by Crippen LogP contribution is 2.31. The number of aryl methyl sites for hydroxylation is 1. The number of fused-ring (bicyclic) bond motifs is 3. The van der Waals surface area contributed by atoms with Gasteiger partial charge in [-0.2, -0.15) is 5.10 Å². The van der Waals surface area contributed by atoms with Crippen LogP contribution in [0.15, 0.2) is 59.3 Å². The van der Waals surface area contributed by atoms with Crippen LogP contribution in [0.2, 0.25) is 0 Å². The van der Waals surface area contributed by atoms with Crippen LogP contribution in [0.4, 0.5) is 0 Å². The van der Waals surface area contributed by atoms with Gasteiger partial charge in [0.25, 0.3) is 0 Å². The van der Waals surface area contributed by atoms with E-state index < -0.39 is 0 Å². The highest BCUT2D eigenvalue weighted by atomic mass is 16.3. The van der Waals surface area contributed by atoms with Gasteiger partial charge in [0.05, 0.1) is 6.20 Å². The lowest BCUT2D eigenvalue weighted by molar-refractivity contribution is 0.669. The second-order valence-electron chi connectivity index (χ2n) is 4.71. The van der Waals surface area contributed by atoms with Gasteiger partial charge in [-0.15, -0.1) is 0 Å². The lowest BCUT2D eigenvalue weighted by Gasteiger charge is -1.97. The predicted molar refractivity (Wildman–Crippen MR) is 75.9 cm³/mol. The standard InChI is InChI=1S/C16H12N2O/c1-18-10-12(9-17-18)11-6-7-16-14(8-11)13-4-2-3-5-15(13)19-16/h2-10H,1H3. The quantitative estimate of drug-likeness (QED) is 0.510. The van der Waals surface area contributed by atoms with Gasteiger partial charge >= 0.3 is 0 Å². The average Bonchev–Trinajstić information content (AvgIpc) is 3.01. The second-order valence-corrected chi connectivity index (χ2v) is 4.71. The Morgan fingerprint density at radius 1 is 0.947 bits per heavy atom. The van der Waals surface area contributed by atoms with Crippen LogP contribution in [-0.4, -0.2) is 9.78 Å². The van der Waals surface area contributed by atoms with E-state index in [4.69, 9.17) is 4.42 Å². The SMILES string of the molecule is Cn1cc(-c2ccc3oc4ccccc4c3c2)cn1. The van der Waals surface area contributed by atoms with Crippen LogP contribution >= 0.6 is 0 Å². The fourth-order valence-electron chi connectivity index (χ4n) is 2.48. The molecule has 19 heavy (non-hydrogen) atoms. The molecule has 2 heterocycles. The molecule has 0 spiro atoms. The van der Waals surface area contributed by atoms with Gasteiger partial charge in [0, 0.05) is 29.6 Å². The molecule has 0 unspecified atom stereocenters. The Kier molecular flexibility index (Phi) is 2.03. The second kappa shape index (κ2) is 3.72. The molecular formula is C16H12N2O. The van der Waals surface area contributed by atoms with Crippen LogP contribution in [0.3, 0.4) is 0 Å². The molecule has 2 aromatic heterocycles. The van der Waals surface area contributed by atoms with Gasteiger partial charge in [-0.3, -0.25) is 4.68 Å². The highest BCUT2D eigenvalue weighted by Gasteiger charge is 2.08.